The van der Waals surface area contributed by atoms with Crippen LogP contribution in [0.4, 0.5) is 26.3 Å². The predicted octanol–water partition coefficient (Wildman–Crippen LogP) is 3.13. The van der Waals surface area contributed by atoms with Crippen LogP contribution in [0.1, 0.15) is 24.0 Å². The van der Waals surface area contributed by atoms with Gasteiger partial charge in [0.05, 0.1) is 12.0 Å². The molecule has 2 atom stereocenters. The summed E-state index contributed by atoms with van der Waals surface area (Å²) >= 11 is 0. The predicted molar refractivity (Wildman–Crippen MR) is 73.9 cm³/mol. The van der Waals surface area contributed by atoms with Crippen molar-refractivity contribution in [3.63, 3.8) is 0 Å². The van der Waals surface area contributed by atoms with Crippen molar-refractivity contribution in [3.05, 3.63) is 35.4 Å². The average molecular weight is 354 g/mol. The van der Waals surface area contributed by atoms with E-state index < -0.39 is 42.3 Å². The van der Waals surface area contributed by atoms with Crippen LogP contribution in [-0.2, 0) is 17.4 Å². The molecular formula is C15H16F6N2O. The third-order valence-electron chi connectivity index (χ3n) is 3.98. The Morgan fingerprint density at radius 1 is 1.12 bits per heavy atom. The number of amides is 1. The van der Waals surface area contributed by atoms with Crippen molar-refractivity contribution in [1.82, 2.24) is 4.90 Å². The fourth-order valence-corrected chi connectivity index (χ4v) is 2.83. The molecule has 0 saturated carbocycles. The Hall–Kier alpha value is -1.77. The van der Waals surface area contributed by atoms with Crippen molar-refractivity contribution >= 4 is 5.91 Å². The smallest absolute Gasteiger partial charge is 0.329 e. The van der Waals surface area contributed by atoms with Crippen LogP contribution in [0.2, 0.25) is 0 Å². The van der Waals surface area contributed by atoms with E-state index in [-0.39, 0.29) is 24.9 Å². The van der Waals surface area contributed by atoms with Gasteiger partial charge in [0.25, 0.3) is 0 Å². The molecule has 0 radical (unpaired) electrons. The number of alkyl halides is 6. The first-order chi connectivity index (χ1) is 11.0. The maximum atomic E-state index is 13.1. The number of carbonyl (C=O) groups excluding carboxylic acids is 1. The van der Waals surface area contributed by atoms with E-state index in [0.717, 1.165) is 18.2 Å². The minimum atomic E-state index is -4.68. The molecule has 24 heavy (non-hydrogen) atoms. The largest absolute Gasteiger partial charge is 0.416 e. The second kappa shape index (κ2) is 6.62. The number of rotatable bonds is 2. The van der Waals surface area contributed by atoms with Gasteiger partial charge in [-0.25, -0.2) is 0 Å². The lowest BCUT2D eigenvalue weighted by Crippen LogP contribution is -2.57. The van der Waals surface area contributed by atoms with E-state index in [1.165, 1.54) is 6.07 Å². The Morgan fingerprint density at radius 2 is 1.75 bits per heavy atom. The van der Waals surface area contributed by atoms with E-state index in [1.54, 1.807) is 0 Å². The quantitative estimate of drug-likeness (QED) is 0.830. The standard InChI is InChI=1S/C15H16F6N2O/c16-14(17,18)11-4-2-1-3-9(11)7-13(24)23-8-10(22)5-6-12(23)15(19,20)21/h1-4,10,12H,5-8,22H2. The van der Waals surface area contributed by atoms with Gasteiger partial charge in [-0.2, -0.15) is 26.3 Å². The van der Waals surface area contributed by atoms with E-state index in [2.05, 4.69) is 0 Å². The normalized spacial score (nSPS) is 22.5. The average Bonchev–Trinajstić information content (AvgIpc) is 2.45. The van der Waals surface area contributed by atoms with Gasteiger partial charge in [0.1, 0.15) is 6.04 Å². The zero-order chi connectivity index (χ0) is 18.1. The highest BCUT2D eigenvalue weighted by Crippen LogP contribution is 2.34. The molecule has 9 heteroatoms. The first-order valence-electron chi connectivity index (χ1n) is 7.27. The van der Waals surface area contributed by atoms with Crippen LogP contribution in [0, 0.1) is 0 Å². The SMILES string of the molecule is NC1CCC(C(F)(F)F)N(C(=O)Cc2ccccc2C(F)(F)F)C1. The minimum absolute atomic E-state index is 0.104. The van der Waals surface area contributed by atoms with Gasteiger partial charge in [0.2, 0.25) is 5.91 Å². The summed E-state index contributed by atoms with van der Waals surface area (Å²) in [7, 11) is 0. The molecule has 1 aliphatic heterocycles. The van der Waals surface area contributed by atoms with Crippen molar-refractivity contribution in [2.24, 2.45) is 5.73 Å². The Morgan fingerprint density at radius 3 is 2.33 bits per heavy atom. The van der Waals surface area contributed by atoms with Crippen LogP contribution in [0.25, 0.3) is 0 Å². The lowest BCUT2D eigenvalue weighted by molar-refractivity contribution is -0.196. The van der Waals surface area contributed by atoms with E-state index in [1.807, 2.05) is 0 Å². The van der Waals surface area contributed by atoms with Gasteiger partial charge in [-0.15, -0.1) is 0 Å². The zero-order valence-corrected chi connectivity index (χ0v) is 12.5. The van der Waals surface area contributed by atoms with Gasteiger partial charge >= 0.3 is 12.4 Å². The summed E-state index contributed by atoms with van der Waals surface area (Å²) in [5.74, 6) is -1.01. The molecule has 134 valence electrons. The number of piperidine rings is 1. The number of hydrogen-bond donors (Lipinski definition) is 1. The Kier molecular flexibility index (Phi) is 5.12. The van der Waals surface area contributed by atoms with E-state index in [9.17, 15) is 31.1 Å². The molecule has 0 aromatic heterocycles. The second-order valence-electron chi connectivity index (χ2n) is 5.77. The number of carbonyl (C=O) groups is 1. The maximum Gasteiger partial charge on any atom is 0.416 e. The van der Waals surface area contributed by atoms with Crippen molar-refractivity contribution < 1.29 is 31.1 Å². The number of nitrogens with two attached hydrogens (primary N) is 1. The molecule has 0 spiro atoms. The molecule has 2 rings (SSSR count). The Labute approximate surface area is 134 Å². The fourth-order valence-electron chi connectivity index (χ4n) is 2.83. The number of likely N-dealkylation sites (tertiary alicyclic amines) is 1. The molecule has 3 nitrogen and oxygen atoms in total. The fraction of sp³-hybridized carbons (Fsp3) is 0.533. The summed E-state index contributed by atoms with van der Waals surface area (Å²) in [5, 5.41) is 0. The monoisotopic (exact) mass is 354 g/mol. The molecule has 1 heterocycles. The summed E-state index contributed by atoms with van der Waals surface area (Å²) in [5.41, 5.74) is 4.24. The lowest BCUT2D eigenvalue weighted by atomic mass is 9.96. The van der Waals surface area contributed by atoms with Gasteiger partial charge in [-0.1, -0.05) is 18.2 Å². The second-order valence-corrected chi connectivity index (χ2v) is 5.77. The lowest BCUT2D eigenvalue weighted by Gasteiger charge is -2.39. The van der Waals surface area contributed by atoms with Gasteiger partial charge in [-0.3, -0.25) is 4.79 Å². The van der Waals surface area contributed by atoms with Gasteiger partial charge < -0.3 is 10.6 Å². The molecule has 0 bridgehead atoms. The summed E-state index contributed by atoms with van der Waals surface area (Å²) < 4.78 is 78.0. The molecule has 2 unspecified atom stereocenters. The maximum absolute atomic E-state index is 13.1. The number of hydrogen-bond acceptors (Lipinski definition) is 2. The number of benzene rings is 1. The number of nitrogens with zero attached hydrogens (tertiary/aromatic N) is 1. The zero-order valence-electron chi connectivity index (χ0n) is 12.5. The van der Waals surface area contributed by atoms with Crippen LogP contribution in [0.5, 0.6) is 0 Å². The molecule has 1 aromatic rings. The third-order valence-corrected chi connectivity index (χ3v) is 3.98. The van der Waals surface area contributed by atoms with Crippen molar-refractivity contribution in [3.8, 4) is 0 Å². The van der Waals surface area contributed by atoms with Crippen molar-refractivity contribution in [2.75, 3.05) is 6.54 Å². The van der Waals surface area contributed by atoms with E-state index >= 15 is 0 Å². The van der Waals surface area contributed by atoms with Crippen molar-refractivity contribution in [1.29, 1.82) is 0 Å². The summed E-state index contributed by atoms with van der Waals surface area (Å²) in [6.45, 7) is -0.322. The van der Waals surface area contributed by atoms with Crippen LogP contribution < -0.4 is 5.73 Å². The Balaban J connectivity index is 2.25. The van der Waals surface area contributed by atoms with E-state index in [4.69, 9.17) is 5.73 Å². The van der Waals surface area contributed by atoms with Gasteiger partial charge in [0.15, 0.2) is 0 Å². The highest BCUT2D eigenvalue weighted by atomic mass is 19.4. The van der Waals surface area contributed by atoms with E-state index in [0.29, 0.717) is 4.90 Å². The van der Waals surface area contributed by atoms with Crippen LogP contribution >= 0.6 is 0 Å². The van der Waals surface area contributed by atoms with Crippen LogP contribution in [-0.4, -0.2) is 35.6 Å². The summed E-state index contributed by atoms with van der Waals surface area (Å²) in [4.78, 5) is 12.8. The molecule has 1 amide bonds. The summed E-state index contributed by atoms with van der Waals surface area (Å²) in [6, 6.07) is 1.72. The molecule has 1 aromatic carbocycles. The molecule has 1 aliphatic rings. The molecule has 0 aliphatic carbocycles. The molecule has 1 fully saturated rings. The first-order valence-corrected chi connectivity index (χ1v) is 7.27. The van der Waals surface area contributed by atoms with Crippen LogP contribution in [0.15, 0.2) is 24.3 Å². The highest BCUT2D eigenvalue weighted by Gasteiger charge is 2.47. The van der Waals surface area contributed by atoms with Crippen LogP contribution in [0.3, 0.4) is 0 Å². The van der Waals surface area contributed by atoms with Gasteiger partial charge in [0, 0.05) is 12.6 Å². The molecule has 1 saturated heterocycles. The number of halogens is 6. The molecule has 2 N–H and O–H groups in total. The third kappa shape index (κ3) is 4.19. The first kappa shape index (κ1) is 18.6. The highest BCUT2D eigenvalue weighted by molar-refractivity contribution is 5.79. The summed E-state index contributed by atoms with van der Waals surface area (Å²) in [6.07, 6.45) is -10.3. The Bertz CT molecular complexity index is 598. The van der Waals surface area contributed by atoms with Crippen molar-refractivity contribution in [2.45, 2.75) is 43.7 Å². The topological polar surface area (TPSA) is 46.3 Å². The van der Waals surface area contributed by atoms with Gasteiger partial charge in [-0.05, 0) is 24.5 Å². The molecular weight excluding hydrogens is 338 g/mol. The minimum Gasteiger partial charge on any atom is -0.329 e.